The molecule has 1 aromatic carbocycles. The summed E-state index contributed by atoms with van der Waals surface area (Å²) in [4.78, 5) is 14.0. The molecule has 0 spiro atoms. The molecule has 0 bridgehead atoms. The highest BCUT2D eigenvalue weighted by Gasteiger charge is 2.25. The van der Waals surface area contributed by atoms with Crippen molar-refractivity contribution >= 4 is 11.6 Å². The predicted molar refractivity (Wildman–Crippen MR) is 71.1 cm³/mol. The summed E-state index contributed by atoms with van der Waals surface area (Å²) in [7, 11) is 1.77. The van der Waals surface area contributed by atoms with Crippen molar-refractivity contribution in [2.45, 2.75) is 32.1 Å². The van der Waals surface area contributed by atoms with Gasteiger partial charge < -0.3 is 4.90 Å². The number of carbonyl (C=O) groups excluding carboxylic acids is 1. The molecular formula is C15H18N2O. The molecule has 1 saturated carbocycles. The Kier molecular flexibility index (Phi) is 3.99. The third-order valence-corrected chi connectivity index (χ3v) is 3.67. The van der Waals surface area contributed by atoms with Crippen LogP contribution in [0.5, 0.6) is 0 Å². The van der Waals surface area contributed by atoms with E-state index in [1.54, 1.807) is 18.0 Å². The molecule has 0 saturated heterocycles. The van der Waals surface area contributed by atoms with Gasteiger partial charge in [-0.2, -0.15) is 5.26 Å². The van der Waals surface area contributed by atoms with Crippen molar-refractivity contribution < 1.29 is 4.79 Å². The van der Waals surface area contributed by atoms with Gasteiger partial charge in [0, 0.05) is 13.0 Å². The molecule has 0 heterocycles. The third-order valence-electron chi connectivity index (χ3n) is 3.67. The van der Waals surface area contributed by atoms with Gasteiger partial charge in [0.2, 0.25) is 5.91 Å². The number of para-hydroxylation sites is 1. The quantitative estimate of drug-likeness (QED) is 0.799. The van der Waals surface area contributed by atoms with Crippen LogP contribution in [0.1, 0.15) is 37.7 Å². The molecule has 0 aliphatic heterocycles. The van der Waals surface area contributed by atoms with Crippen molar-refractivity contribution in [3.8, 4) is 6.07 Å². The molecule has 1 aliphatic carbocycles. The molecule has 0 aromatic heterocycles. The lowest BCUT2D eigenvalue weighted by molar-refractivity contribution is -0.123. The van der Waals surface area contributed by atoms with Gasteiger partial charge in [0.25, 0.3) is 0 Å². The summed E-state index contributed by atoms with van der Waals surface area (Å²) in [5, 5.41) is 9.07. The molecule has 94 valence electrons. The molecule has 1 amide bonds. The van der Waals surface area contributed by atoms with Gasteiger partial charge in [0.15, 0.2) is 0 Å². The van der Waals surface area contributed by atoms with Gasteiger partial charge >= 0.3 is 0 Å². The number of anilines is 1. The zero-order valence-electron chi connectivity index (χ0n) is 10.7. The fraction of sp³-hybridized carbons (Fsp3) is 0.467. The number of nitriles is 1. The van der Waals surface area contributed by atoms with E-state index in [-0.39, 0.29) is 11.8 Å². The first kappa shape index (κ1) is 12.6. The third kappa shape index (κ3) is 2.53. The maximum absolute atomic E-state index is 12.4. The normalized spacial score (nSPS) is 16.0. The Labute approximate surface area is 108 Å². The van der Waals surface area contributed by atoms with E-state index in [0.717, 1.165) is 31.4 Å². The Bertz CT molecular complexity index is 470. The average molecular weight is 242 g/mol. The molecule has 1 aromatic rings. The summed E-state index contributed by atoms with van der Waals surface area (Å²) >= 11 is 0. The van der Waals surface area contributed by atoms with Gasteiger partial charge in [0.05, 0.1) is 11.3 Å². The van der Waals surface area contributed by atoms with E-state index in [1.165, 1.54) is 6.42 Å². The average Bonchev–Trinajstić information content (AvgIpc) is 2.46. The van der Waals surface area contributed by atoms with Crippen molar-refractivity contribution in [1.29, 1.82) is 5.26 Å². The SMILES string of the molecule is CN(C(=O)C1CCCCC1)c1ccccc1C#N. The Balaban J connectivity index is 2.17. The molecule has 0 N–H and O–H groups in total. The predicted octanol–water partition coefficient (Wildman–Crippen LogP) is 3.10. The minimum Gasteiger partial charge on any atom is -0.314 e. The van der Waals surface area contributed by atoms with Gasteiger partial charge in [-0.25, -0.2) is 0 Å². The van der Waals surface area contributed by atoms with Crippen LogP contribution in [0.15, 0.2) is 24.3 Å². The van der Waals surface area contributed by atoms with Gasteiger partial charge in [-0.1, -0.05) is 31.4 Å². The first-order chi connectivity index (χ1) is 8.74. The lowest BCUT2D eigenvalue weighted by atomic mass is 9.88. The van der Waals surface area contributed by atoms with Crippen LogP contribution in [0.2, 0.25) is 0 Å². The van der Waals surface area contributed by atoms with Crippen LogP contribution in [0.4, 0.5) is 5.69 Å². The van der Waals surface area contributed by atoms with Gasteiger partial charge in [-0.05, 0) is 25.0 Å². The molecule has 2 rings (SSSR count). The van der Waals surface area contributed by atoms with E-state index in [9.17, 15) is 4.79 Å². The zero-order valence-corrected chi connectivity index (χ0v) is 10.7. The molecule has 18 heavy (non-hydrogen) atoms. The Morgan fingerprint density at radius 2 is 1.94 bits per heavy atom. The van der Waals surface area contributed by atoms with E-state index in [1.807, 2.05) is 18.2 Å². The molecule has 0 atom stereocenters. The van der Waals surface area contributed by atoms with Crippen molar-refractivity contribution in [3.05, 3.63) is 29.8 Å². The van der Waals surface area contributed by atoms with E-state index in [0.29, 0.717) is 5.56 Å². The Hall–Kier alpha value is -1.82. The van der Waals surface area contributed by atoms with Gasteiger partial charge in [-0.15, -0.1) is 0 Å². The van der Waals surface area contributed by atoms with Crippen LogP contribution >= 0.6 is 0 Å². The number of hydrogen-bond acceptors (Lipinski definition) is 2. The molecular weight excluding hydrogens is 224 g/mol. The number of rotatable bonds is 2. The highest BCUT2D eigenvalue weighted by molar-refractivity contribution is 5.95. The lowest BCUT2D eigenvalue weighted by Crippen LogP contribution is -2.34. The topological polar surface area (TPSA) is 44.1 Å². The highest BCUT2D eigenvalue weighted by Crippen LogP contribution is 2.28. The van der Waals surface area contributed by atoms with Crippen molar-refractivity contribution in [3.63, 3.8) is 0 Å². The van der Waals surface area contributed by atoms with Crippen molar-refractivity contribution in [2.75, 3.05) is 11.9 Å². The minimum atomic E-state index is 0.135. The fourth-order valence-corrected chi connectivity index (χ4v) is 2.60. The van der Waals surface area contributed by atoms with Gasteiger partial charge in [0.1, 0.15) is 6.07 Å². The molecule has 3 nitrogen and oxygen atoms in total. The number of nitrogens with zero attached hydrogens (tertiary/aromatic N) is 2. The largest absolute Gasteiger partial charge is 0.314 e. The smallest absolute Gasteiger partial charge is 0.229 e. The maximum Gasteiger partial charge on any atom is 0.229 e. The lowest BCUT2D eigenvalue weighted by Gasteiger charge is -2.26. The molecule has 0 unspecified atom stereocenters. The Morgan fingerprint density at radius 1 is 1.28 bits per heavy atom. The summed E-state index contributed by atoms with van der Waals surface area (Å²) < 4.78 is 0. The van der Waals surface area contributed by atoms with Crippen LogP contribution in [-0.2, 0) is 4.79 Å². The van der Waals surface area contributed by atoms with E-state index < -0.39 is 0 Å². The summed E-state index contributed by atoms with van der Waals surface area (Å²) in [5.74, 6) is 0.285. The number of hydrogen-bond donors (Lipinski definition) is 0. The molecule has 0 radical (unpaired) electrons. The van der Waals surface area contributed by atoms with Crippen LogP contribution in [0, 0.1) is 17.2 Å². The summed E-state index contributed by atoms with van der Waals surface area (Å²) in [5.41, 5.74) is 1.28. The van der Waals surface area contributed by atoms with Crippen LogP contribution in [-0.4, -0.2) is 13.0 Å². The molecule has 1 aliphatic rings. The summed E-state index contributed by atoms with van der Waals surface area (Å²) in [6, 6.07) is 9.41. The number of amides is 1. The second kappa shape index (κ2) is 5.68. The standard InChI is InChI=1S/C15H18N2O/c1-17(14-10-6-5-9-13(14)11-16)15(18)12-7-3-2-4-8-12/h5-6,9-10,12H,2-4,7-8H2,1H3. The monoisotopic (exact) mass is 242 g/mol. The van der Waals surface area contributed by atoms with Crippen molar-refractivity contribution in [1.82, 2.24) is 0 Å². The van der Waals surface area contributed by atoms with E-state index in [4.69, 9.17) is 5.26 Å². The van der Waals surface area contributed by atoms with E-state index >= 15 is 0 Å². The Morgan fingerprint density at radius 3 is 2.61 bits per heavy atom. The van der Waals surface area contributed by atoms with Gasteiger partial charge in [-0.3, -0.25) is 4.79 Å². The number of carbonyl (C=O) groups is 1. The van der Waals surface area contributed by atoms with Crippen LogP contribution < -0.4 is 4.90 Å². The molecule has 1 fully saturated rings. The first-order valence-electron chi connectivity index (χ1n) is 6.50. The second-order valence-corrected chi connectivity index (χ2v) is 4.86. The van der Waals surface area contributed by atoms with Crippen molar-refractivity contribution in [2.24, 2.45) is 5.92 Å². The van der Waals surface area contributed by atoms with Crippen LogP contribution in [0.3, 0.4) is 0 Å². The highest BCUT2D eigenvalue weighted by atomic mass is 16.2. The zero-order chi connectivity index (χ0) is 13.0. The maximum atomic E-state index is 12.4. The molecule has 3 heteroatoms. The minimum absolute atomic E-state index is 0.135. The summed E-state index contributed by atoms with van der Waals surface area (Å²) in [6.07, 6.45) is 5.49. The van der Waals surface area contributed by atoms with Crippen LogP contribution in [0.25, 0.3) is 0 Å². The van der Waals surface area contributed by atoms with E-state index in [2.05, 4.69) is 6.07 Å². The summed E-state index contributed by atoms with van der Waals surface area (Å²) in [6.45, 7) is 0. The second-order valence-electron chi connectivity index (χ2n) is 4.86. The number of benzene rings is 1. The first-order valence-corrected chi connectivity index (χ1v) is 6.50. The fourth-order valence-electron chi connectivity index (χ4n) is 2.60.